The van der Waals surface area contributed by atoms with E-state index in [-0.39, 0.29) is 5.91 Å². The highest BCUT2D eigenvalue weighted by Crippen LogP contribution is 2.34. The van der Waals surface area contributed by atoms with Crippen molar-refractivity contribution in [2.24, 2.45) is 0 Å². The van der Waals surface area contributed by atoms with Gasteiger partial charge in [-0.3, -0.25) is 9.78 Å². The van der Waals surface area contributed by atoms with Crippen LogP contribution in [0.2, 0.25) is 0 Å². The molecule has 2 aromatic rings. The van der Waals surface area contributed by atoms with Crippen LogP contribution in [0.5, 0.6) is 0 Å². The van der Waals surface area contributed by atoms with Crippen LogP contribution in [-0.2, 0) is 0 Å². The lowest BCUT2D eigenvalue weighted by atomic mass is 10.2. The molecule has 1 unspecified atom stereocenters. The number of amides is 1. The van der Waals surface area contributed by atoms with Gasteiger partial charge in [0.05, 0.1) is 23.4 Å². The molecule has 21 heavy (non-hydrogen) atoms. The maximum Gasteiger partial charge on any atom is 0.274 e. The molecule has 3 heterocycles. The van der Waals surface area contributed by atoms with Crippen LogP contribution in [0.15, 0.2) is 35.2 Å². The molecule has 0 aliphatic carbocycles. The molecule has 6 heteroatoms. The van der Waals surface area contributed by atoms with E-state index in [1.807, 2.05) is 35.7 Å². The summed E-state index contributed by atoms with van der Waals surface area (Å²) in [6.45, 7) is 3.31. The third kappa shape index (κ3) is 3.26. The molecule has 0 spiro atoms. The fraction of sp³-hybridized carbons (Fsp3) is 0.400. The molecule has 1 atom stereocenters. The van der Waals surface area contributed by atoms with Gasteiger partial charge in [-0.15, -0.1) is 11.8 Å². The molecule has 1 aliphatic heterocycles. The van der Waals surface area contributed by atoms with E-state index in [0.717, 1.165) is 30.2 Å². The van der Waals surface area contributed by atoms with Crippen LogP contribution in [0.25, 0.3) is 0 Å². The second-order valence-electron chi connectivity index (χ2n) is 5.00. The molecule has 1 aliphatic rings. The van der Waals surface area contributed by atoms with Crippen LogP contribution in [0.3, 0.4) is 0 Å². The van der Waals surface area contributed by atoms with Crippen molar-refractivity contribution in [3.05, 3.63) is 47.9 Å². The molecule has 0 radical (unpaired) electrons. The van der Waals surface area contributed by atoms with E-state index in [1.165, 1.54) is 0 Å². The number of carbonyl (C=O) groups is 1. The highest BCUT2D eigenvalue weighted by Gasteiger charge is 2.24. The fourth-order valence-electron chi connectivity index (χ4n) is 2.34. The highest BCUT2D eigenvalue weighted by atomic mass is 32.2. The Morgan fingerprint density at radius 2 is 2.29 bits per heavy atom. The number of nitrogens with zero attached hydrogens (tertiary/aromatic N) is 3. The van der Waals surface area contributed by atoms with Crippen molar-refractivity contribution in [2.75, 3.05) is 18.8 Å². The van der Waals surface area contributed by atoms with Crippen LogP contribution in [0.4, 0.5) is 0 Å². The quantitative estimate of drug-likeness (QED) is 0.853. The molecule has 0 aromatic carbocycles. The zero-order valence-electron chi connectivity index (χ0n) is 11.9. The topological polar surface area (TPSA) is 59.2 Å². The lowest BCUT2D eigenvalue weighted by molar-refractivity contribution is 0.0759. The van der Waals surface area contributed by atoms with Gasteiger partial charge in [0.1, 0.15) is 11.5 Å². The minimum atomic E-state index is -0.0387. The standard InChI is InChI=1S/C15H17N3O2S/c1-11-9-17-12(10-16-11)15(19)18-5-4-14(21-8-6-18)13-3-2-7-20-13/h2-3,7,9-10,14H,4-6,8H2,1H3. The summed E-state index contributed by atoms with van der Waals surface area (Å²) in [4.78, 5) is 22.6. The number of aromatic nitrogens is 2. The summed E-state index contributed by atoms with van der Waals surface area (Å²) < 4.78 is 5.48. The van der Waals surface area contributed by atoms with Crippen LogP contribution in [0, 0.1) is 6.92 Å². The molecule has 0 bridgehead atoms. The first-order valence-electron chi connectivity index (χ1n) is 6.97. The fourth-order valence-corrected chi connectivity index (χ4v) is 3.52. The van der Waals surface area contributed by atoms with E-state index in [2.05, 4.69) is 9.97 Å². The van der Waals surface area contributed by atoms with Crippen molar-refractivity contribution in [1.29, 1.82) is 0 Å². The Morgan fingerprint density at radius 3 is 3.00 bits per heavy atom. The predicted molar refractivity (Wildman–Crippen MR) is 81.2 cm³/mol. The third-order valence-corrected chi connectivity index (χ3v) is 4.78. The summed E-state index contributed by atoms with van der Waals surface area (Å²) in [6.07, 6.45) is 5.78. The molecular weight excluding hydrogens is 286 g/mol. The Balaban J connectivity index is 1.67. The number of rotatable bonds is 2. The van der Waals surface area contributed by atoms with Crippen LogP contribution in [0.1, 0.15) is 33.6 Å². The van der Waals surface area contributed by atoms with Crippen LogP contribution >= 0.6 is 11.8 Å². The number of furan rings is 1. The lowest BCUT2D eigenvalue weighted by Crippen LogP contribution is -2.33. The van der Waals surface area contributed by atoms with E-state index in [1.54, 1.807) is 18.7 Å². The summed E-state index contributed by atoms with van der Waals surface area (Å²) >= 11 is 1.84. The van der Waals surface area contributed by atoms with Crippen molar-refractivity contribution in [1.82, 2.24) is 14.9 Å². The van der Waals surface area contributed by atoms with Crippen molar-refractivity contribution >= 4 is 17.7 Å². The first-order chi connectivity index (χ1) is 10.2. The van der Waals surface area contributed by atoms with Crippen molar-refractivity contribution in [3.8, 4) is 0 Å². The monoisotopic (exact) mass is 303 g/mol. The van der Waals surface area contributed by atoms with Gasteiger partial charge in [0.2, 0.25) is 0 Å². The molecule has 2 aromatic heterocycles. The molecule has 110 valence electrons. The van der Waals surface area contributed by atoms with E-state index in [0.29, 0.717) is 17.5 Å². The molecule has 5 nitrogen and oxygen atoms in total. The van der Waals surface area contributed by atoms with Gasteiger partial charge in [0.25, 0.3) is 5.91 Å². The molecular formula is C15H17N3O2S. The van der Waals surface area contributed by atoms with Gasteiger partial charge in [-0.2, -0.15) is 0 Å². The zero-order valence-corrected chi connectivity index (χ0v) is 12.7. The summed E-state index contributed by atoms with van der Waals surface area (Å²) in [5, 5.41) is 0.321. The minimum Gasteiger partial charge on any atom is -0.468 e. The maximum absolute atomic E-state index is 12.4. The minimum absolute atomic E-state index is 0.0387. The zero-order chi connectivity index (χ0) is 14.7. The molecule has 3 rings (SSSR count). The van der Waals surface area contributed by atoms with E-state index in [9.17, 15) is 4.79 Å². The van der Waals surface area contributed by atoms with Crippen LogP contribution in [-0.4, -0.2) is 39.6 Å². The summed E-state index contributed by atoms with van der Waals surface area (Å²) in [6, 6.07) is 3.91. The lowest BCUT2D eigenvalue weighted by Gasteiger charge is -2.19. The SMILES string of the molecule is Cc1cnc(C(=O)N2CCSC(c3ccco3)CC2)cn1. The largest absolute Gasteiger partial charge is 0.468 e. The number of hydrogen-bond acceptors (Lipinski definition) is 5. The number of thioether (sulfide) groups is 1. The van der Waals surface area contributed by atoms with Crippen LogP contribution < -0.4 is 0 Å². The third-order valence-electron chi connectivity index (χ3n) is 3.49. The van der Waals surface area contributed by atoms with Gasteiger partial charge in [0, 0.05) is 25.0 Å². The van der Waals surface area contributed by atoms with Crippen molar-refractivity contribution in [3.63, 3.8) is 0 Å². The molecule has 0 saturated carbocycles. The smallest absolute Gasteiger partial charge is 0.274 e. The Morgan fingerprint density at radius 1 is 1.38 bits per heavy atom. The average molecular weight is 303 g/mol. The summed E-state index contributed by atoms with van der Waals surface area (Å²) in [5.41, 5.74) is 1.23. The van der Waals surface area contributed by atoms with E-state index < -0.39 is 0 Å². The molecule has 0 N–H and O–H groups in total. The molecule has 1 saturated heterocycles. The number of hydrogen-bond donors (Lipinski definition) is 0. The second kappa shape index (κ2) is 6.30. The first-order valence-corrected chi connectivity index (χ1v) is 8.02. The van der Waals surface area contributed by atoms with Gasteiger partial charge >= 0.3 is 0 Å². The predicted octanol–water partition coefficient (Wildman–Crippen LogP) is 2.70. The van der Waals surface area contributed by atoms with Crippen molar-refractivity contribution < 1.29 is 9.21 Å². The first kappa shape index (κ1) is 14.1. The maximum atomic E-state index is 12.4. The van der Waals surface area contributed by atoms with Gasteiger partial charge in [-0.05, 0) is 25.5 Å². The number of carbonyl (C=O) groups excluding carboxylic acids is 1. The molecule has 1 fully saturated rings. The molecule has 1 amide bonds. The summed E-state index contributed by atoms with van der Waals surface area (Å²) in [5.74, 6) is 1.85. The van der Waals surface area contributed by atoms with Crippen molar-refractivity contribution in [2.45, 2.75) is 18.6 Å². The normalized spacial score (nSPS) is 19.3. The highest BCUT2D eigenvalue weighted by molar-refractivity contribution is 7.99. The van der Waals surface area contributed by atoms with Gasteiger partial charge in [-0.1, -0.05) is 0 Å². The Hall–Kier alpha value is -1.82. The van der Waals surface area contributed by atoms with Gasteiger partial charge in [-0.25, -0.2) is 4.98 Å². The number of aryl methyl sites for hydroxylation is 1. The Bertz CT molecular complexity index is 598. The van der Waals surface area contributed by atoms with Gasteiger partial charge in [0.15, 0.2) is 0 Å². The Labute approximate surface area is 127 Å². The van der Waals surface area contributed by atoms with Gasteiger partial charge < -0.3 is 9.32 Å². The van der Waals surface area contributed by atoms with E-state index in [4.69, 9.17) is 4.42 Å². The second-order valence-corrected chi connectivity index (χ2v) is 6.31. The Kier molecular flexibility index (Phi) is 4.24. The van der Waals surface area contributed by atoms with E-state index >= 15 is 0 Å². The summed E-state index contributed by atoms with van der Waals surface area (Å²) in [7, 11) is 0. The average Bonchev–Trinajstić information content (AvgIpc) is 2.92.